The number of benzene rings is 1. The highest BCUT2D eigenvalue weighted by atomic mass is 19.1. The summed E-state index contributed by atoms with van der Waals surface area (Å²) in [6, 6.07) is 6.74. The second-order valence-corrected chi connectivity index (χ2v) is 5.95. The van der Waals surface area contributed by atoms with Gasteiger partial charge in [0.15, 0.2) is 0 Å². The number of piperazine rings is 1. The first-order valence-electron chi connectivity index (χ1n) is 7.93. The van der Waals surface area contributed by atoms with Gasteiger partial charge in [-0.25, -0.2) is 4.39 Å². The third-order valence-corrected chi connectivity index (χ3v) is 4.36. The Kier molecular flexibility index (Phi) is 4.48. The van der Waals surface area contributed by atoms with Crippen molar-refractivity contribution in [3.05, 3.63) is 47.5 Å². The van der Waals surface area contributed by atoms with E-state index < -0.39 is 0 Å². The number of furan rings is 1. The maximum absolute atomic E-state index is 13.9. The molecule has 2 aromatic rings. The zero-order valence-electron chi connectivity index (χ0n) is 13.5. The second-order valence-electron chi connectivity index (χ2n) is 5.95. The Bertz CT molecular complexity index is 703. The van der Waals surface area contributed by atoms with Gasteiger partial charge in [-0.05, 0) is 31.2 Å². The lowest BCUT2D eigenvalue weighted by Gasteiger charge is -2.32. The fraction of sp³-hybridized carbons (Fsp3) is 0.389. The quantitative estimate of drug-likeness (QED) is 0.873. The lowest BCUT2D eigenvalue weighted by Crippen LogP contribution is -2.47. The van der Waals surface area contributed by atoms with Crippen LogP contribution in [0, 0.1) is 5.82 Å². The van der Waals surface area contributed by atoms with E-state index >= 15 is 0 Å². The van der Waals surface area contributed by atoms with Gasteiger partial charge in [0.1, 0.15) is 17.8 Å². The molecule has 0 radical (unpaired) electrons. The van der Waals surface area contributed by atoms with Gasteiger partial charge in [0, 0.05) is 31.7 Å². The van der Waals surface area contributed by atoms with Crippen molar-refractivity contribution in [2.24, 2.45) is 0 Å². The summed E-state index contributed by atoms with van der Waals surface area (Å²) >= 11 is 0. The van der Waals surface area contributed by atoms with Crippen molar-refractivity contribution >= 4 is 5.91 Å². The normalized spacial score (nSPS) is 15.9. The molecular formula is C18H21FN2O2. The second kappa shape index (κ2) is 6.54. The van der Waals surface area contributed by atoms with Crippen LogP contribution < -0.4 is 0 Å². The van der Waals surface area contributed by atoms with Crippen LogP contribution >= 0.6 is 0 Å². The highest BCUT2D eigenvalue weighted by molar-refractivity contribution is 5.95. The molecule has 2 heterocycles. The third kappa shape index (κ3) is 3.29. The Morgan fingerprint density at radius 3 is 2.61 bits per heavy atom. The highest BCUT2D eigenvalue weighted by Crippen LogP contribution is 2.25. The van der Waals surface area contributed by atoms with Gasteiger partial charge >= 0.3 is 0 Å². The van der Waals surface area contributed by atoms with Crippen LogP contribution in [0.3, 0.4) is 0 Å². The summed E-state index contributed by atoms with van der Waals surface area (Å²) < 4.78 is 19.4. The molecule has 4 nitrogen and oxygen atoms in total. The van der Waals surface area contributed by atoms with Gasteiger partial charge in [-0.15, -0.1) is 0 Å². The predicted molar refractivity (Wildman–Crippen MR) is 86.9 cm³/mol. The van der Waals surface area contributed by atoms with Crippen LogP contribution in [0.4, 0.5) is 4.39 Å². The summed E-state index contributed by atoms with van der Waals surface area (Å²) in [5.41, 5.74) is 1.84. The first-order valence-corrected chi connectivity index (χ1v) is 7.93. The first kappa shape index (κ1) is 15.7. The number of likely N-dealkylation sites (N-methyl/N-ethyl adjacent to an activating group) is 1. The molecule has 1 saturated heterocycles. The molecule has 0 aliphatic carbocycles. The van der Waals surface area contributed by atoms with E-state index in [4.69, 9.17) is 4.42 Å². The van der Waals surface area contributed by atoms with Crippen molar-refractivity contribution in [1.82, 2.24) is 9.80 Å². The van der Waals surface area contributed by atoms with Crippen LogP contribution in [-0.2, 0) is 6.42 Å². The molecule has 1 aromatic heterocycles. The molecule has 122 valence electrons. The van der Waals surface area contributed by atoms with Gasteiger partial charge < -0.3 is 14.2 Å². The molecule has 1 amide bonds. The monoisotopic (exact) mass is 316 g/mol. The molecule has 0 atom stereocenters. The molecule has 1 aromatic carbocycles. The summed E-state index contributed by atoms with van der Waals surface area (Å²) in [7, 11) is 2.05. The Morgan fingerprint density at radius 1 is 1.22 bits per heavy atom. The van der Waals surface area contributed by atoms with Gasteiger partial charge in [0.2, 0.25) is 0 Å². The van der Waals surface area contributed by atoms with E-state index in [1.165, 1.54) is 12.3 Å². The molecule has 1 aliphatic heterocycles. The summed E-state index contributed by atoms with van der Waals surface area (Å²) in [5, 5.41) is 0. The Morgan fingerprint density at radius 2 is 1.96 bits per heavy atom. The SMILES string of the molecule is CCc1ccc(-c2cc(C(=O)N3CCN(C)CC3)co2)cc1F. The number of hydrogen-bond acceptors (Lipinski definition) is 3. The zero-order chi connectivity index (χ0) is 16.4. The topological polar surface area (TPSA) is 36.7 Å². The van der Waals surface area contributed by atoms with E-state index in [-0.39, 0.29) is 11.7 Å². The standard InChI is InChI=1S/C18H21FN2O2/c1-3-13-4-5-14(10-16(13)19)17-11-15(12-23-17)18(22)21-8-6-20(2)7-9-21/h4-5,10-12H,3,6-9H2,1-2H3. The fourth-order valence-corrected chi connectivity index (χ4v) is 2.78. The van der Waals surface area contributed by atoms with E-state index in [1.807, 2.05) is 24.9 Å². The smallest absolute Gasteiger partial charge is 0.257 e. The third-order valence-electron chi connectivity index (χ3n) is 4.36. The average molecular weight is 316 g/mol. The number of carbonyl (C=O) groups is 1. The number of amides is 1. The molecule has 0 N–H and O–H groups in total. The lowest BCUT2D eigenvalue weighted by atomic mass is 10.1. The molecule has 0 spiro atoms. The molecule has 3 rings (SSSR count). The largest absolute Gasteiger partial charge is 0.464 e. The van der Waals surface area contributed by atoms with Crippen LogP contribution in [-0.4, -0.2) is 48.9 Å². The van der Waals surface area contributed by atoms with E-state index in [9.17, 15) is 9.18 Å². The number of hydrogen-bond donors (Lipinski definition) is 0. The number of nitrogens with zero attached hydrogens (tertiary/aromatic N) is 2. The van der Waals surface area contributed by atoms with E-state index in [1.54, 1.807) is 12.1 Å². The van der Waals surface area contributed by atoms with Crippen molar-refractivity contribution in [2.45, 2.75) is 13.3 Å². The molecule has 1 aliphatic rings. The molecule has 5 heteroatoms. The van der Waals surface area contributed by atoms with Crippen LogP contribution in [0.5, 0.6) is 0 Å². The van der Waals surface area contributed by atoms with E-state index in [0.717, 1.165) is 26.2 Å². The minimum atomic E-state index is -0.242. The van der Waals surface area contributed by atoms with Crippen molar-refractivity contribution in [1.29, 1.82) is 0 Å². The Hall–Kier alpha value is -2.14. The van der Waals surface area contributed by atoms with Gasteiger partial charge in [-0.1, -0.05) is 19.1 Å². The maximum atomic E-state index is 13.9. The van der Waals surface area contributed by atoms with E-state index in [2.05, 4.69) is 4.90 Å². The predicted octanol–water partition coefficient (Wildman–Crippen LogP) is 3.04. The van der Waals surface area contributed by atoms with Crippen molar-refractivity contribution < 1.29 is 13.6 Å². The lowest BCUT2D eigenvalue weighted by molar-refractivity contribution is 0.0663. The number of halogens is 1. The number of carbonyl (C=O) groups excluding carboxylic acids is 1. The molecule has 1 fully saturated rings. The Labute approximate surface area is 135 Å². The van der Waals surface area contributed by atoms with Crippen LogP contribution in [0.1, 0.15) is 22.8 Å². The molecular weight excluding hydrogens is 295 g/mol. The number of aryl methyl sites for hydroxylation is 1. The minimum absolute atomic E-state index is 0.0289. The zero-order valence-corrected chi connectivity index (χ0v) is 13.5. The van der Waals surface area contributed by atoms with Crippen LogP contribution in [0.2, 0.25) is 0 Å². The highest BCUT2D eigenvalue weighted by Gasteiger charge is 2.22. The van der Waals surface area contributed by atoms with Gasteiger partial charge in [0.05, 0.1) is 5.56 Å². The van der Waals surface area contributed by atoms with Crippen LogP contribution in [0.25, 0.3) is 11.3 Å². The molecule has 0 bridgehead atoms. The Balaban J connectivity index is 1.77. The summed E-state index contributed by atoms with van der Waals surface area (Å²) in [6.07, 6.45) is 2.11. The van der Waals surface area contributed by atoms with Gasteiger partial charge in [-0.2, -0.15) is 0 Å². The minimum Gasteiger partial charge on any atom is -0.464 e. The summed E-state index contributed by atoms with van der Waals surface area (Å²) in [6.45, 7) is 5.10. The molecule has 0 saturated carbocycles. The van der Waals surface area contributed by atoms with Crippen LogP contribution in [0.15, 0.2) is 34.9 Å². The molecule has 23 heavy (non-hydrogen) atoms. The molecule has 0 unspecified atom stereocenters. The van der Waals surface area contributed by atoms with Gasteiger partial charge in [0.25, 0.3) is 5.91 Å². The van der Waals surface area contributed by atoms with E-state index in [0.29, 0.717) is 28.9 Å². The summed E-state index contributed by atoms with van der Waals surface area (Å²) in [5.74, 6) is 0.246. The van der Waals surface area contributed by atoms with Crippen molar-refractivity contribution in [3.8, 4) is 11.3 Å². The fourth-order valence-electron chi connectivity index (χ4n) is 2.78. The summed E-state index contributed by atoms with van der Waals surface area (Å²) in [4.78, 5) is 16.5. The number of rotatable bonds is 3. The van der Waals surface area contributed by atoms with Crippen molar-refractivity contribution in [3.63, 3.8) is 0 Å². The van der Waals surface area contributed by atoms with Crippen molar-refractivity contribution in [2.75, 3.05) is 33.2 Å². The average Bonchev–Trinajstić information content (AvgIpc) is 3.05. The maximum Gasteiger partial charge on any atom is 0.257 e. The first-order chi connectivity index (χ1) is 11.1. The van der Waals surface area contributed by atoms with Gasteiger partial charge in [-0.3, -0.25) is 4.79 Å².